The number of aliphatic hydroxyl groups is 1. The van der Waals surface area contributed by atoms with E-state index in [0.29, 0.717) is 13.2 Å². The topological polar surface area (TPSA) is 53.0 Å². The van der Waals surface area contributed by atoms with Crippen molar-refractivity contribution >= 4 is 6.03 Å². The fraction of sp³-hybridized carbons (Fsp3) is 0.500. The van der Waals surface area contributed by atoms with Gasteiger partial charge in [0.1, 0.15) is 6.61 Å². The van der Waals surface area contributed by atoms with Gasteiger partial charge in [-0.1, -0.05) is 30.3 Å². The van der Waals surface area contributed by atoms with Crippen LogP contribution in [-0.4, -0.2) is 46.3 Å². The van der Waals surface area contributed by atoms with E-state index in [0.717, 1.165) is 18.4 Å². The number of rotatable bonds is 4. The number of carbonyl (C=O) groups excluding carboxylic acids is 1. The molecule has 2 atom stereocenters. The summed E-state index contributed by atoms with van der Waals surface area (Å²) in [6.07, 6.45) is 1.74. The van der Waals surface area contributed by atoms with Crippen LogP contribution >= 0.6 is 0 Å². The molecule has 2 saturated heterocycles. The first-order valence-electron chi connectivity index (χ1n) is 6.67. The summed E-state index contributed by atoms with van der Waals surface area (Å²) in [4.78, 5) is 19.6. The molecule has 3 rings (SSSR count). The van der Waals surface area contributed by atoms with Gasteiger partial charge in [0.15, 0.2) is 0 Å². The predicted molar refractivity (Wildman–Crippen MR) is 69.1 cm³/mol. The van der Waals surface area contributed by atoms with E-state index in [-0.39, 0.29) is 24.7 Å². The summed E-state index contributed by atoms with van der Waals surface area (Å²) in [6, 6.07) is 9.77. The van der Waals surface area contributed by atoms with Crippen LogP contribution in [0.15, 0.2) is 30.3 Å². The molecule has 2 fully saturated rings. The molecule has 1 aromatic rings. The van der Waals surface area contributed by atoms with Crippen LogP contribution in [0.25, 0.3) is 0 Å². The van der Waals surface area contributed by atoms with E-state index in [1.165, 1.54) is 5.06 Å². The molecule has 5 nitrogen and oxygen atoms in total. The van der Waals surface area contributed by atoms with E-state index in [9.17, 15) is 9.90 Å². The Morgan fingerprint density at radius 3 is 2.79 bits per heavy atom. The lowest BCUT2D eigenvalue weighted by Gasteiger charge is -2.28. The highest BCUT2D eigenvalue weighted by Crippen LogP contribution is 2.30. The minimum atomic E-state index is -0.113. The molecule has 0 saturated carbocycles. The molecule has 19 heavy (non-hydrogen) atoms. The molecule has 5 heteroatoms. The van der Waals surface area contributed by atoms with Crippen molar-refractivity contribution in [3.05, 3.63) is 35.9 Å². The highest BCUT2D eigenvalue weighted by Gasteiger charge is 2.45. The van der Waals surface area contributed by atoms with Crippen molar-refractivity contribution in [1.82, 2.24) is 9.96 Å². The number of amides is 2. The molecule has 1 N–H and O–H groups in total. The summed E-state index contributed by atoms with van der Waals surface area (Å²) in [6.45, 7) is 1.10. The fourth-order valence-electron chi connectivity index (χ4n) is 2.79. The Labute approximate surface area is 112 Å². The first-order valence-corrected chi connectivity index (χ1v) is 6.67. The molecule has 2 aliphatic heterocycles. The molecule has 2 aliphatic rings. The van der Waals surface area contributed by atoms with Crippen molar-refractivity contribution < 1.29 is 14.7 Å². The van der Waals surface area contributed by atoms with Gasteiger partial charge >= 0.3 is 6.03 Å². The Balaban J connectivity index is 1.64. The van der Waals surface area contributed by atoms with Crippen molar-refractivity contribution in [2.75, 3.05) is 13.2 Å². The standard InChI is InChI=1S/C14H18N2O3/c17-9-13-7-6-12-8-15(13)14(18)16(12)19-10-11-4-2-1-3-5-11/h1-5,12-13,17H,6-10H2/t12?,13-/m0/s1. The molecule has 0 spiro atoms. The third-order valence-electron chi connectivity index (χ3n) is 3.87. The van der Waals surface area contributed by atoms with Gasteiger partial charge in [-0.15, -0.1) is 0 Å². The monoisotopic (exact) mass is 262 g/mol. The maximum Gasteiger partial charge on any atom is 0.344 e. The van der Waals surface area contributed by atoms with Gasteiger partial charge in [0, 0.05) is 6.54 Å². The second-order valence-electron chi connectivity index (χ2n) is 5.09. The van der Waals surface area contributed by atoms with Crippen molar-refractivity contribution in [1.29, 1.82) is 0 Å². The van der Waals surface area contributed by atoms with Gasteiger partial charge in [-0.05, 0) is 18.4 Å². The van der Waals surface area contributed by atoms with E-state index in [2.05, 4.69) is 0 Å². The lowest BCUT2D eigenvalue weighted by molar-refractivity contribution is -0.140. The Hall–Kier alpha value is -1.59. The number of urea groups is 1. The molecule has 2 bridgehead atoms. The Morgan fingerprint density at radius 1 is 1.26 bits per heavy atom. The molecule has 0 aliphatic carbocycles. The minimum absolute atomic E-state index is 0.0327. The van der Waals surface area contributed by atoms with Gasteiger partial charge in [-0.2, -0.15) is 5.06 Å². The van der Waals surface area contributed by atoms with E-state index in [1.807, 2.05) is 30.3 Å². The molecule has 102 valence electrons. The van der Waals surface area contributed by atoms with Crippen molar-refractivity contribution in [3.8, 4) is 0 Å². The minimum Gasteiger partial charge on any atom is -0.394 e. The van der Waals surface area contributed by atoms with Crippen LogP contribution in [0, 0.1) is 0 Å². The maximum absolute atomic E-state index is 12.2. The van der Waals surface area contributed by atoms with Gasteiger partial charge in [-0.3, -0.25) is 4.84 Å². The number of fused-ring (bicyclic) bond motifs is 2. The first-order chi connectivity index (χ1) is 9.29. The molecule has 2 heterocycles. The van der Waals surface area contributed by atoms with E-state index in [4.69, 9.17) is 4.84 Å². The lowest BCUT2D eigenvalue weighted by atomic mass is 10.0. The second-order valence-corrected chi connectivity index (χ2v) is 5.09. The molecule has 2 amide bonds. The maximum atomic E-state index is 12.2. The molecule has 1 aromatic carbocycles. The Bertz CT molecular complexity index is 451. The zero-order valence-electron chi connectivity index (χ0n) is 10.7. The summed E-state index contributed by atoms with van der Waals surface area (Å²) >= 11 is 0. The van der Waals surface area contributed by atoms with Crippen LogP contribution in [0.1, 0.15) is 18.4 Å². The van der Waals surface area contributed by atoms with E-state index < -0.39 is 0 Å². The highest BCUT2D eigenvalue weighted by molar-refractivity contribution is 5.76. The zero-order chi connectivity index (χ0) is 13.2. The molecule has 0 aromatic heterocycles. The van der Waals surface area contributed by atoms with Gasteiger partial charge in [0.2, 0.25) is 0 Å². The number of piperidine rings is 1. The number of aliphatic hydroxyl groups excluding tert-OH is 1. The van der Waals surface area contributed by atoms with Crippen LogP contribution in [0.4, 0.5) is 4.79 Å². The number of hydrogen-bond acceptors (Lipinski definition) is 3. The highest BCUT2D eigenvalue weighted by atomic mass is 16.7. The summed E-state index contributed by atoms with van der Waals surface area (Å²) in [5.74, 6) is 0. The fourth-order valence-corrected chi connectivity index (χ4v) is 2.79. The molecule has 1 unspecified atom stereocenters. The SMILES string of the molecule is O=C1N(OCc2ccccc2)C2CC[C@@H](CO)N1C2. The smallest absolute Gasteiger partial charge is 0.344 e. The summed E-state index contributed by atoms with van der Waals surface area (Å²) in [7, 11) is 0. The average Bonchev–Trinajstić information content (AvgIpc) is 2.71. The van der Waals surface area contributed by atoms with Crippen LogP contribution in [0.3, 0.4) is 0 Å². The number of hydrogen-bond donors (Lipinski definition) is 1. The number of nitrogens with zero attached hydrogens (tertiary/aromatic N) is 2. The second kappa shape index (κ2) is 5.19. The predicted octanol–water partition coefficient (Wildman–Crippen LogP) is 1.38. The van der Waals surface area contributed by atoms with Crippen LogP contribution in [0.5, 0.6) is 0 Å². The van der Waals surface area contributed by atoms with Gasteiger partial charge < -0.3 is 10.0 Å². The number of hydroxylamine groups is 2. The van der Waals surface area contributed by atoms with Crippen LogP contribution < -0.4 is 0 Å². The van der Waals surface area contributed by atoms with Crippen molar-refractivity contribution in [3.63, 3.8) is 0 Å². The summed E-state index contributed by atoms with van der Waals surface area (Å²) in [5.41, 5.74) is 1.05. The zero-order valence-corrected chi connectivity index (χ0v) is 10.7. The largest absolute Gasteiger partial charge is 0.394 e. The van der Waals surface area contributed by atoms with E-state index in [1.54, 1.807) is 4.90 Å². The Kier molecular flexibility index (Phi) is 3.40. The van der Waals surface area contributed by atoms with Gasteiger partial charge in [-0.25, -0.2) is 4.79 Å². The third-order valence-corrected chi connectivity index (χ3v) is 3.87. The summed E-state index contributed by atoms with van der Waals surface area (Å²) < 4.78 is 0. The normalized spacial score (nSPS) is 26.1. The summed E-state index contributed by atoms with van der Waals surface area (Å²) in [5, 5.41) is 10.8. The Morgan fingerprint density at radius 2 is 2.05 bits per heavy atom. The first kappa shape index (κ1) is 12.4. The molecular formula is C14H18N2O3. The quantitative estimate of drug-likeness (QED) is 0.892. The number of carbonyl (C=O) groups is 1. The van der Waals surface area contributed by atoms with Crippen LogP contribution in [0.2, 0.25) is 0 Å². The van der Waals surface area contributed by atoms with Crippen LogP contribution in [-0.2, 0) is 11.4 Å². The van der Waals surface area contributed by atoms with Crippen molar-refractivity contribution in [2.45, 2.75) is 31.5 Å². The number of benzene rings is 1. The lowest BCUT2D eigenvalue weighted by Crippen LogP contribution is -2.42. The average molecular weight is 262 g/mol. The molecule has 0 radical (unpaired) electrons. The third kappa shape index (κ3) is 2.31. The molecular weight excluding hydrogens is 244 g/mol. The van der Waals surface area contributed by atoms with Gasteiger partial charge in [0.25, 0.3) is 0 Å². The van der Waals surface area contributed by atoms with E-state index >= 15 is 0 Å². The van der Waals surface area contributed by atoms with Crippen molar-refractivity contribution in [2.24, 2.45) is 0 Å². The van der Waals surface area contributed by atoms with Gasteiger partial charge in [0.05, 0.1) is 18.7 Å².